The van der Waals surface area contributed by atoms with E-state index in [1.54, 1.807) is 34.7 Å². The second-order valence-corrected chi connectivity index (χ2v) is 8.50. The Hall–Kier alpha value is -3.44. The molecule has 0 N–H and O–H groups in total. The van der Waals surface area contributed by atoms with Crippen molar-refractivity contribution in [2.75, 3.05) is 7.05 Å². The van der Waals surface area contributed by atoms with Crippen LogP contribution in [0.1, 0.15) is 40.3 Å². The van der Waals surface area contributed by atoms with Gasteiger partial charge in [0.05, 0.1) is 22.6 Å². The molecule has 1 unspecified atom stereocenters. The third-order valence-corrected chi connectivity index (χ3v) is 5.96. The van der Waals surface area contributed by atoms with E-state index in [1.165, 1.54) is 0 Å². The monoisotopic (exact) mass is 445 g/mol. The van der Waals surface area contributed by atoms with Gasteiger partial charge in [-0.1, -0.05) is 47.0 Å². The minimum absolute atomic E-state index is 0.145. The highest BCUT2D eigenvalue weighted by Gasteiger charge is 2.25. The molecule has 32 heavy (non-hydrogen) atoms. The molecule has 1 amide bonds. The summed E-state index contributed by atoms with van der Waals surface area (Å²) in [6, 6.07) is 19.7. The lowest BCUT2D eigenvalue weighted by Gasteiger charge is -2.27. The second-order valence-electron chi connectivity index (χ2n) is 8.07. The molecule has 4 rings (SSSR count). The molecule has 0 bridgehead atoms. The Morgan fingerprint density at radius 2 is 1.56 bits per heavy atom. The molecule has 0 aliphatic heterocycles. The maximum atomic E-state index is 13.5. The molecule has 0 spiro atoms. The number of rotatable bonds is 4. The molecule has 0 radical (unpaired) electrons. The smallest absolute Gasteiger partial charge is 0.266 e. The highest BCUT2D eigenvalue weighted by molar-refractivity contribution is 6.31. The zero-order chi connectivity index (χ0) is 23.0. The van der Waals surface area contributed by atoms with Crippen molar-refractivity contribution in [3.05, 3.63) is 105 Å². The Balaban J connectivity index is 1.88. The number of aryl methyl sites for hydroxylation is 2. The lowest BCUT2D eigenvalue weighted by molar-refractivity contribution is 0.0735. The summed E-state index contributed by atoms with van der Waals surface area (Å²) in [6.07, 6.45) is 0. The van der Waals surface area contributed by atoms with Crippen LogP contribution < -0.4 is 5.56 Å². The van der Waals surface area contributed by atoms with Crippen molar-refractivity contribution in [2.24, 2.45) is 0 Å². The average Bonchev–Trinajstić information content (AvgIpc) is 2.78. The Labute approximate surface area is 191 Å². The third kappa shape index (κ3) is 4.04. The number of carbonyl (C=O) groups is 1. The van der Waals surface area contributed by atoms with Gasteiger partial charge in [0.15, 0.2) is 0 Å². The van der Waals surface area contributed by atoms with Gasteiger partial charge in [-0.2, -0.15) is 0 Å². The van der Waals surface area contributed by atoms with E-state index in [4.69, 9.17) is 16.6 Å². The van der Waals surface area contributed by atoms with Crippen molar-refractivity contribution in [3.63, 3.8) is 0 Å². The van der Waals surface area contributed by atoms with E-state index in [0.29, 0.717) is 33.0 Å². The van der Waals surface area contributed by atoms with Crippen LogP contribution in [0, 0.1) is 13.8 Å². The number of benzene rings is 3. The van der Waals surface area contributed by atoms with E-state index < -0.39 is 6.04 Å². The van der Waals surface area contributed by atoms with Crippen molar-refractivity contribution in [1.82, 2.24) is 14.5 Å². The zero-order valence-corrected chi connectivity index (χ0v) is 19.2. The summed E-state index contributed by atoms with van der Waals surface area (Å²) in [4.78, 5) is 33.1. The number of amides is 1. The molecule has 1 heterocycles. The number of nitrogens with zero attached hydrogens (tertiary/aromatic N) is 3. The average molecular weight is 446 g/mol. The van der Waals surface area contributed by atoms with E-state index in [9.17, 15) is 9.59 Å². The molecule has 5 nitrogen and oxygen atoms in total. The Morgan fingerprint density at radius 3 is 2.19 bits per heavy atom. The number of aromatic nitrogens is 2. The molecular formula is C26H24ClN3O2. The van der Waals surface area contributed by atoms with Crippen LogP contribution in [0.25, 0.3) is 16.6 Å². The Bertz CT molecular complexity index is 1360. The maximum absolute atomic E-state index is 13.5. The van der Waals surface area contributed by atoms with Crippen LogP contribution in [0.4, 0.5) is 0 Å². The minimum Gasteiger partial charge on any atom is -0.332 e. The second kappa shape index (κ2) is 8.60. The first-order valence-electron chi connectivity index (χ1n) is 10.4. The highest BCUT2D eigenvalue weighted by Crippen LogP contribution is 2.24. The normalized spacial score (nSPS) is 12.0. The maximum Gasteiger partial charge on any atom is 0.266 e. The Kier molecular flexibility index (Phi) is 5.85. The van der Waals surface area contributed by atoms with Crippen LogP contribution >= 0.6 is 11.6 Å². The predicted octanol–water partition coefficient (Wildman–Crippen LogP) is 5.49. The summed E-state index contributed by atoms with van der Waals surface area (Å²) in [5.74, 6) is 0.324. The van der Waals surface area contributed by atoms with Crippen LogP contribution in [0.2, 0.25) is 5.02 Å². The molecular weight excluding hydrogens is 422 g/mol. The van der Waals surface area contributed by atoms with Gasteiger partial charge in [0.2, 0.25) is 0 Å². The van der Waals surface area contributed by atoms with Gasteiger partial charge in [-0.25, -0.2) is 4.98 Å². The number of carbonyl (C=O) groups excluding carboxylic acids is 1. The molecule has 0 aliphatic rings. The first-order valence-corrected chi connectivity index (χ1v) is 10.8. The van der Waals surface area contributed by atoms with Crippen molar-refractivity contribution in [3.8, 4) is 5.69 Å². The molecule has 3 aromatic carbocycles. The molecule has 0 saturated heterocycles. The standard InChI is InChI=1S/C26H24ClN3O2/c1-16-5-9-19(10-6-16)25(31)29(4)18(3)24-28-23-15-20(27)11-14-22(23)26(32)30(24)21-12-7-17(2)8-13-21/h5-15,18H,1-4H3. The molecule has 162 valence electrons. The number of halogens is 1. The molecule has 1 aromatic heterocycles. The lowest BCUT2D eigenvalue weighted by atomic mass is 10.1. The third-order valence-electron chi connectivity index (χ3n) is 5.72. The van der Waals surface area contributed by atoms with E-state index in [0.717, 1.165) is 11.1 Å². The quantitative estimate of drug-likeness (QED) is 0.417. The Morgan fingerprint density at radius 1 is 0.969 bits per heavy atom. The van der Waals surface area contributed by atoms with Crippen LogP contribution in [-0.2, 0) is 0 Å². The van der Waals surface area contributed by atoms with Crippen LogP contribution in [0.15, 0.2) is 71.5 Å². The van der Waals surface area contributed by atoms with Crippen LogP contribution in [-0.4, -0.2) is 27.4 Å². The minimum atomic E-state index is -0.471. The van der Waals surface area contributed by atoms with Gasteiger partial charge < -0.3 is 4.90 Å². The van der Waals surface area contributed by atoms with Gasteiger partial charge in [0.25, 0.3) is 11.5 Å². The van der Waals surface area contributed by atoms with E-state index >= 15 is 0 Å². The fraction of sp³-hybridized carbons (Fsp3) is 0.192. The molecule has 6 heteroatoms. The number of hydrogen-bond acceptors (Lipinski definition) is 3. The summed E-state index contributed by atoms with van der Waals surface area (Å²) in [6.45, 7) is 5.84. The van der Waals surface area contributed by atoms with Crippen molar-refractivity contribution in [2.45, 2.75) is 26.8 Å². The molecule has 4 aromatic rings. The van der Waals surface area contributed by atoms with E-state index in [1.807, 2.05) is 69.3 Å². The van der Waals surface area contributed by atoms with Gasteiger partial charge in [-0.3, -0.25) is 14.2 Å². The van der Waals surface area contributed by atoms with Gasteiger partial charge in [-0.15, -0.1) is 0 Å². The highest BCUT2D eigenvalue weighted by atomic mass is 35.5. The van der Waals surface area contributed by atoms with Crippen LogP contribution in [0.3, 0.4) is 0 Å². The first kappa shape index (κ1) is 21.8. The van der Waals surface area contributed by atoms with Crippen molar-refractivity contribution < 1.29 is 4.79 Å². The summed E-state index contributed by atoms with van der Waals surface area (Å²) >= 11 is 6.17. The van der Waals surface area contributed by atoms with Gasteiger partial charge in [0, 0.05) is 17.6 Å². The van der Waals surface area contributed by atoms with Crippen molar-refractivity contribution >= 4 is 28.4 Å². The topological polar surface area (TPSA) is 55.2 Å². The SMILES string of the molecule is Cc1ccc(C(=O)N(C)C(C)c2nc3cc(Cl)ccc3c(=O)n2-c2ccc(C)cc2)cc1. The first-order chi connectivity index (χ1) is 15.3. The van der Waals surface area contributed by atoms with Gasteiger partial charge >= 0.3 is 0 Å². The summed E-state index contributed by atoms with van der Waals surface area (Å²) in [5.41, 5.74) is 3.75. The van der Waals surface area contributed by atoms with Crippen LogP contribution in [0.5, 0.6) is 0 Å². The van der Waals surface area contributed by atoms with E-state index in [-0.39, 0.29) is 11.5 Å². The van der Waals surface area contributed by atoms with Gasteiger partial charge in [0.1, 0.15) is 5.82 Å². The lowest BCUT2D eigenvalue weighted by Crippen LogP contribution is -2.34. The molecule has 0 saturated carbocycles. The molecule has 0 aliphatic carbocycles. The van der Waals surface area contributed by atoms with Gasteiger partial charge in [-0.05, 0) is 63.2 Å². The molecule has 0 fully saturated rings. The summed E-state index contributed by atoms with van der Waals surface area (Å²) < 4.78 is 1.58. The number of fused-ring (bicyclic) bond motifs is 1. The summed E-state index contributed by atoms with van der Waals surface area (Å²) in [7, 11) is 1.72. The molecule has 1 atom stereocenters. The van der Waals surface area contributed by atoms with Crippen molar-refractivity contribution in [1.29, 1.82) is 0 Å². The fourth-order valence-corrected chi connectivity index (χ4v) is 3.81. The predicted molar refractivity (Wildman–Crippen MR) is 129 cm³/mol. The fourth-order valence-electron chi connectivity index (χ4n) is 3.65. The van der Waals surface area contributed by atoms with E-state index in [2.05, 4.69) is 0 Å². The number of hydrogen-bond donors (Lipinski definition) is 0. The zero-order valence-electron chi connectivity index (χ0n) is 18.5. The summed E-state index contributed by atoms with van der Waals surface area (Å²) in [5, 5.41) is 0.971. The largest absolute Gasteiger partial charge is 0.332 e.